The zero-order valence-electron chi connectivity index (χ0n) is 11.1. The molecule has 1 saturated heterocycles. The van der Waals surface area contributed by atoms with E-state index in [2.05, 4.69) is 10.6 Å². The summed E-state index contributed by atoms with van der Waals surface area (Å²) in [6.07, 6.45) is 0. The van der Waals surface area contributed by atoms with Crippen LogP contribution in [-0.2, 0) is 4.79 Å². The van der Waals surface area contributed by atoms with E-state index in [1.807, 2.05) is 4.90 Å². The molecular formula is C13H17ClN4O2. The number of nitrogens with one attached hydrogen (secondary N) is 2. The van der Waals surface area contributed by atoms with Crippen molar-refractivity contribution in [2.45, 2.75) is 6.04 Å². The Hall–Kier alpha value is -1.79. The third-order valence-corrected chi connectivity index (χ3v) is 3.65. The van der Waals surface area contributed by atoms with Crippen LogP contribution in [0.3, 0.4) is 0 Å². The molecule has 1 unspecified atom stereocenters. The Kier molecular flexibility index (Phi) is 4.46. The predicted molar refractivity (Wildman–Crippen MR) is 78.0 cm³/mol. The number of hydrogen-bond donors (Lipinski definition) is 3. The van der Waals surface area contributed by atoms with Crippen molar-refractivity contribution < 1.29 is 9.59 Å². The maximum Gasteiger partial charge on any atom is 0.252 e. The summed E-state index contributed by atoms with van der Waals surface area (Å²) < 4.78 is 0. The second-order valence-electron chi connectivity index (χ2n) is 4.53. The van der Waals surface area contributed by atoms with Gasteiger partial charge in [0.15, 0.2) is 0 Å². The first-order valence-electron chi connectivity index (χ1n) is 6.33. The maximum absolute atomic E-state index is 12.0. The molecule has 6 nitrogen and oxygen atoms in total. The number of hydrogen-bond acceptors (Lipinski definition) is 4. The van der Waals surface area contributed by atoms with E-state index in [1.54, 1.807) is 25.2 Å². The number of likely N-dealkylation sites (N-methyl/N-ethyl adjacent to an activating group) is 1. The molecule has 0 saturated carbocycles. The predicted octanol–water partition coefficient (Wildman–Crippen LogP) is -0.0369. The molecule has 4 N–H and O–H groups in total. The van der Waals surface area contributed by atoms with E-state index >= 15 is 0 Å². The van der Waals surface area contributed by atoms with Gasteiger partial charge in [0.2, 0.25) is 5.91 Å². The van der Waals surface area contributed by atoms with Gasteiger partial charge in [0.1, 0.15) is 6.04 Å². The smallest absolute Gasteiger partial charge is 0.252 e. The average Bonchev–Trinajstić information content (AvgIpc) is 2.45. The minimum absolute atomic E-state index is 0.118. The number of carbonyl (C=O) groups is 2. The highest BCUT2D eigenvalue weighted by atomic mass is 35.5. The molecule has 1 aromatic rings. The summed E-state index contributed by atoms with van der Waals surface area (Å²) in [6, 6.07) is 4.72. The van der Waals surface area contributed by atoms with Crippen LogP contribution in [0.1, 0.15) is 10.4 Å². The maximum atomic E-state index is 12.0. The first kappa shape index (κ1) is 14.6. The van der Waals surface area contributed by atoms with Crippen molar-refractivity contribution in [2.75, 3.05) is 31.6 Å². The van der Waals surface area contributed by atoms with Crippen LogP contribution in [0.2, 0.25) is 5.02 Å². The zero-order chi connectivity index (χ0) is 14.7. The summed E-state index contributed by atoms with van der Waals surface area (Å²) in [6.45, 7) is 1.82. The molecule has 0 aromatic heterocycles. The summed E-state index contributed by atoms with van der Waals surface area (Å²) in [5, 5.41) is 6.08. The highest BCUT2D eigenvalue weighted by molar-refractivity contribution is 6.34. The number of anilines is 1. The van der Waals surface area contributed by atoms with Crippen molar-refractivity contribution in [1.29, 1.82) is 0 Å². The average molecular weight is 297 g/mol. The van der Waals surface area contributed by atoms with E-state index in [4.69, 9.17) is 17.3 Å². The number of primary amides is 1. The van der Waals surface area contributed by atoms with Crippen LogP contribution in [0, 0.1) is 0 Å². The van der Waals surface area contributed by atoms with Crippen LogP contribution in [-0.4, -0.2) is 44.5 Å². The van der Waals surface area contributed by atoms with Gasteiger partial charge in [-0.15, -0.1) is 0 Å². The minimum Gasteiger partial charge on any atom is -0.365 e. The van der Waals surface area contributed by atoms with Crippen LogP contribution < -0.4 is 21.3 Å². The van der Waals surface area contributed by atoms with Gasteiger partial charge in [-0.05, 0) is 12.1 Å². The summed E-state index contributed by atoms with van der Waals surface area (Å²) in [5.41, 5.74) is 6.26. The molecular weight excluding hydrogens is 280 g/mol. The Balaban J connectivity index is 2.45. The molecule has 0 spiro atoms. The standard InChI is InChI=1S/C13H17ClN4O2/c1-16-13(20)10-7-17-5-6-18(10)9-4-2-3-8(14)11(9)12(15)19/h2-4,10,17H,5-7H2,1H3,(H2,15,19)(H,16,20). The van der Waals surface area contributed by atoms with Gasteiger partial charge in [-0.2, -0.15) is 0 Å². The largest absolute Gasteiger partial charge is 0.365 e. The topological polar surface area (TPSA) is 87.5 Å². The molecule has 1 atom stereocenters. The van der Waals surface area contributed by atoms with Crippen LogP contribution in [0.4, 0.5) is 5.69 Å². The number of nitrogens with zero attached hydrogens (tertiary/aromatic N) is 1. The Morgan fingerprint density at radius 3 is 2.90 bits per heavy atom. The summed E-state index contributed by atoms with van der Waals surface area (Å²) in [5.74, 6) is -0.715. The number of nitrogens with two attached hydrogens (primary N) is 1. The molecule has 1 heterocycles. The van der Waals surface area contributed by atoms with Gasteiger partial charge in [-0.3, -0.25) is 9.59 Å². The third kappa shape index (κ3) is 2.71. The second kappa shape index (κ2) is 6.11. The van der Waals surface area contributed by atoms with Crippen molar-refractivity contribution in [3.8, 4) is 0 Å². The van der Waals surface area contributed by atoms with Crippen LogP contribution in [0.15, 0.2) is 18.2 Å². The van der Waals surface area contributed by atoms with Gasteiger partial charge in [0.25, 0.3) is 5.91 Å². The van der Waals surface area contributed by atoms with Crippen LogP contribution >= 0.6 is 11.6 Å². The van der Waals surface area contributed by atoms with Crippen molar-refractivity contribution in [1.82, 2.24) is 10.6 Å². The van der Waals surface area contributed by atoms with E-state index < -0.39 is 11.9 Å². The van der Waals surface area contributed by atoms with Crippen molar-refractivity contribution in [2.24, 2.45) is 5.73 Å². The van der Waals surface area contributed by atoms with Gasteiger partial charge < -0.3 is 21.3 Å². The lowest BCUT2D eigenvalue weighted by molar-refractivity contribution is -0.122. The van der Waals surface area contributed by atoms with Crippen LogP contribution in [0.25, 0.3) is 0 Å². The van der Waals surface area contributed by atoms with Gasteiger partial charge in [0.05, 0.1) is 16.3 Å². The lowest BCUT2D eigenvalue weighted by atomic mass is 10.1. The Labute approximate surface area is 122 Å². The molecule has 1 aliphatic rings. The fourth-order valence-corrected chi connectivity index (χ4v) is 2.65. The molecule has 0 aliphatic carbocycles. The summed E-state index contributed by atoms with van der Waals surface area (Å²) in [7, 11) is 1.59. The van der Waals surface area contributed by atoms with Crippen LogP contribution in [0.5, 0.6) is 0 Å². The van der Waals surface area contributed by atoms with Gasteiger partial charge in [0, 0.05) is 26.7 Å². The Morgan fingerprint density at radius 2 is 2.25 bits per heavy atom. The number of piperazine rings is 1. The van der Waals surface area contributed by atoms with E-state index in [0.29, 0.717) is 23.8 Å². The van der Waals surface area contributed by atoms with Gasteiger partial charge >= 0.3 is 0 Å². The molecule has 1 fully saturated rings. The quantitative estimate of drug-likeness (QED) is 0.730. The van der Waals surface area contributed by atoms with E-state index in [1.165, 1.54) is 0 Å². The molecule has 20 heavy (non-hydrogen) atoms. The number of carbonyl (C=O) groups excluding carboxylic acids is 2. The van der Waals surface area contributed by atoms with Crippen molar-refractivity contribution >= 4 is 29.1 Å². The van der Waals surface area contributed by atoms with E-state index in [9.17, 15) is 9.59 Å². The zero-order valence-corrected chi connectivity index (χ0v) is 11.9. The number of rotatable bonds is 3. The fourth-order valence-electron chi connectivity index (χ4n) is 2.39. The lowest BCUT2D eigenvalue weighted by Gasteiger charge is -2.37. The Morgan fingerprint density at radius 1 is 1.50 bits per heavy atom. The summed E-state index contributed by atoms with van der Waals surface area (Å²) >= 11 is 6.06. The summed E-state index contributed by atoms with van der Waals surface area (Å²) in [4.78, 5) is 25.5. The highest BCUT2D eigenvalue weighted by Crippen LogP contribution is 2.29. The molecule has 2 rings (SSSR count). The first-order chi connectivity index (χ1) is 9.56. The minimum atomic E-state index is -0.597. The molecule has 7 heteroatoms. The fraction of sp³-hybridized carbons (Fsp3) is 0.385. The first-order valence-corrected chi connectivity index (χ1v) is 6.71. The van der Waals surface area contributed by atoms with Crippen molar-refractivity contribution in [3.05, 3.63) is 28.8 Å². The SMILES string of the molecule is CNC(=O)C1CNCCN1c1cccc(Cl)c1C(N)=O. The molecule has 0 radical (unpaired) electrons. The monoisotopic (exact) mass is 296 g/mol. The molecule has 0 bridgehead atoms. The van der Waals surface area contributed by atoms with Crippen molar-refractivity contribution in [3.63, 3.8) is 0 Å². The number of benzene rings is 1. The molecule has 1 aromatic carbocycles. The number of amides is 2. The second-order valence-corrected chi connectivity index (χ2v) is 4.93. The third-order valence-electron chi connectivity index (χ3n) is 3.34. The molecule has 2 amide bonds. The Bertz CT molecular complexity index is 535. The van der Waals surface area contributed by atoms with Gasteiger partial charge in [-0.1, -0.05) is 17.7 Å². The lowest BCUT2D eigenvalue weighted by Crippen LogP contribution is -2.58. The molecule has 108 valence electrons. The van der Waals surface area contributed by atoms with E-state index in [-0.39, 0.29) is 11.5 Å². The highest BCUT2D eigenvalue weighted by Gasteiger charge is 2.30. The normalized spacial score (nSPS) is 18.7. The molecule has 1 aliphatic heterocycles. The number of halogens is 1. The van der Waals surface area contributed by atoms with Gasteiger partial charge in [-0.25, -0.2) is 0 Å². The van der Waals surface area contributed by atoms with E-state index in [0.717, 1.165) is 6.54 Å².